The van der Waals surface area contributed by atoms with Crippen LogP contribution < -0.4 is 0 Å². The maximum absolute atomic E-state index is 12.7. The van der Waals surface area contributed by atoms with Crippen molar-refractivity contribution in [2.45, 2.75) is 30.7 Å². The Balaban J connectivity index is 1.94. The number of aromatic nitrogens is 1. The van der Waals surface area contributed by atoms with Crippen LogP contribution in [0.25, 0.3) is 0 Å². The van der Waals surface area contributed by atoms with Gasteiger partial charge in [-0.2, -0.15) is 4.31 Å². The van der Waals surface area contributed by atoms with Crippen LogP contribution in [0, 0.1) is 6.92 Å². The Morgan fingerprint density at radius 2 is 2.27 bits per heavy atom. The average molecular weight is 342 g/mol. The standard InChI is InChI=1S/C13H14N2O5S2/c1-8-5-11(20-14-8)10-3-2-4-15(10)22(18,19)9-6-12(13(16)17)21-7-9/h5-7,10H,2-4H2,1H3,(H,16,17). The third-order valence-corrected chi connectivity index (χ3v) is 6.52. The molecule has 0 spiro atoms. The summed E-state index contributed by atoms with van der Waals surface area (Å²) in [5.41, 5.74) is 0.697. The quantitative estimate of drug-likeness (QED) is 0.915. The molecule has 1 aliphatic rings. The van der Waals surface area contributed by atoms with Gasteiger partial charge in [-0.1, -0.05) is 5.16 Å². The van der Waals surface area contributed by atoms with Crippen LogP contribution in [-0.2, 0) is 10.0 Å². The molecule has 0 saturated carbocycles. The van der Waals surface area contributed by atoms with E-state index in [0.29, 0.717) is 24.4 Å². The SMILES string of the molecule is Cc1cc(C2CCCN2S(=O)(=O)c2csc(C(=O)O)c2)on1. The first-order chi connectivity index (χ1) is 10.4. The van der Waals surface area contributed by atoms with Crippen LogP contribution >= 0.6 is 11.3 Å². The first kappa shape index (κ1) is 15.2. The van der Waals surface area contributed by atoms with E-state index < -0.39 is 16.0 Å². The van der Waals surface area contributed by atoms with E-state index in [1.54, 1.807) is 13.0 Å². The fourth-order valence-corrected chi connectivity index (χ4v) is 5.32. The number of carboxylic acids is 1. The van der Waals surface area contributed by atoms with Gasteiger partial charge in [0.25, 0.3) is 0 Å². The number of carboxylic acid groups (broad SMARTS) is 1. The molecule has 0 aromatic carbocycles. The molecule has 0 amide bonds. The average Bonchev–Trinajstić information content (AvgIpc) is 3.18. The highest BCUT2D eigenvalue weighted by Crippen LogP contribution is 2.37. The predicted molar refractivity (Wildman–Crippen MR) is 78.4 cm³/mol. The molecule has 0 bridgehead atoms. The Kier molecular flexibility index (Phi) is 3.79. The topological polar surface area (TPSA) is 101 Å². The summed E-state index contributed by atoms with van der Waals surface area (Å²) < 4.78 is 32.0. The maximum Gasteiger partial charge on any atom is 0.345 e. The van der Waals surface area contributed by atoms with E-state index >= 15 is 0 Å². The van der Waals surface area contributed by atoms with Crippen LogP contribution in [0.5, 0.6) is 0 Å². The zero-order chi connectivity index (χ0) is 15.9. The van der Waals surface area contributed by atoms with E-state index in [0.717, 1.165) is 17.8 Å². The molecule has 1 fully saturated rings. The largest absolute Gasteiger partial charge is 0.477 e. The van der Waals surface area contributed by atoms with Crippen LogP contribution in [0.1, 0.15) is 40.0 Å². The van der Waals surface area contributed by atoms with Crippen molar-refractivity contribution in [1.82, 2.24) is 9.46 Å². The number of hydrogen-bond acceptors (Lipinski definition) is 6. The molecule has 118 valence electrons. The summed E-state index contributed by atoms with van der Waals surface area (Å²) in [4.78, 5) is 10.9. The van der Waals surface area contributed by atoms with E-state index in [9.17, 15) is 13.2 Å². The number of hydrogen-bond donors (Lipinski definition) is 1. The molecule has 2 aromatic rings. The number of aromatic carboxylic acids is 1. The monoisotopic (exact) mass is 342 g/mol. The summed E-state index contributed by atoms with van der Waals surface area (Å²) in [5, 5.41) is 14.1. The van der Waals surface area contributed by atoms with E-state index in [-0.39, 0.29) is 15.8 Å². The molecule has 1 N–H and O–H groups in total. The fraction of sp³-hybridized carbons (Fsp3) is 0.385. The predicted octanol–water partition coefficient (Wildman–Crippen LogP) is 2.27. The number of carbonyl (C=O) groups is 1. The Hall–Kier alpha value is -1.71. The maximum atomic E-state index is 12.7. The zero-order valence-corrected chi connectivity index (χ0v) is 13.4. The highest BCUT2D eigenvalue weighted by molar-refractivity contribution is 7.89. The summed E-state index contributed by atoms with van der Waals surface area (Å²) in [7, 11) is -3.75. The third-order valence-electron chi connectivity index (χ3n) is 3.57. The minimum absolute atomic E-state index is 0.00447. The Morgan fingerprint density at radius 1 is 1.50 bits per heavy atom. The molecule has 7 nitrogen and oxygen atoms in total. The van der Waals surface area contributed by atoms with E-state index in [1.807, 2.05) is 0 Å². The molecule has 9 heteroatoms. The normalized spacial score (nSPS) is 19.6. The Bertz CT molecular complexity index is 808. The highest BCUT2D eigenvalue weighted by atomic mass is 32.2. The molecule has 1 unspecified atom stereocenters. The zero-order valence-electron chi connectivity index (χ0n) is 11.7. The first-order valence-corrected chi connectivity index (χ1v) is 8.98. The highest BCUT2D eigenvalue weighted by Gasteiger charge is 2.38. The van der Waals surface area contributed by atoms with Gasteiger partial charge in [-0.3, -0.25) is 0 Å². The second-order valence-corrected chi connectivity index (χ2v) is 7.90. The minimum atomic E-state index is -3.75. The van der Waals surface area contributed by atoms with Crippen molar-refractivity contribution in [2.24, 2.45) is 0 Å². The van der Waals surface area contributed by atoms with Crippen LogP contribution in [0.4, 0.5) is 0 Å². The summed E-state index contributed by atoms with van der Waals surface area (Å²) >= 11 is 0.903. The first-order valence-electron chi connectivity index (χ1n) is 6.66. The number of sulfonamides is 1. The van der Waals surface area contributed by atoms with E-state index in [4.69, 9.17) is 9.63 Å². The summed E-state index contributed by atoms with van der Waals surface area (Å²) in [6.45, 7) is 2.16. The number of thiophene rings is 1. The van der Waals surface area contributed by atoms with Crippen LogP contribution in [0.3, 0.4) is 0 Å². The number of aryl methyl sites for hydroxylation is 1. The van der Waals surface area contributed by atoms with Gasteiger partial charge in [-0.15, -0.1) is 11.3 Å². The van der Waals surface area contributed by atoms with E-state index in [2.05, 4.69) is 5.16 Å². The summed E-state index contributed by atoms with van der Waals surface area (Å²) in [6, 6.07) is 2.54. The van der Waals surface area contributed by atoms with Crippen molar-refractivity contribution in [3.63, 3.8) is 0 Å². The molecule has 3 rings (SSSR count). The van der Waals surface area contributed by atoms with Crippen molar-refractivity contribution in [1.29, 1.82) is 0 Å². The number of rotatable bonds is 4. The van der Waals surface area contributed by atoms with Gasteiger partial charge >= 0.3 is 5.97 Å². The Labute approximate surface area is 131 Å². The van der Waals surface area contributed by atoms with Gasteiger partial charge in [-0.05, 0) is 25.8 Å². The Morgan fingerprint density at radius 3 is 2.86 bits per heavy atom. The number of nitrogens with zero attached hydrogens (tertiary/aromatic N) is 2. The van der Waals surface area contributed by atoms with Crippen LogP contribution in [-0.4, -0.2) is 35.5 Å². The van der Waals surface area contributed by atoms with Crippen LogP contribution in [0.2, 0.25) is 0 Å². The fourth-order valence-electron chi connectivity index (χ4n) is 2.55. The molecular formula is C13H14N2O5S2. The summed E-state index contributed by atoms with van der Waals surface area (Å²) in [5.74, 6) is -0.609. The molecule has 1 saturated heterocycles. The molecule has 22 heavy (non-hydrogen) atoms. The smallest absolute Gasteiger partial charge is 0.345 e. The van der Waals surface area contributed by atoms with E-state index in [1.165, 1.54) is 15.8 Å². The molecule has 0 aliphatic carbocycles. The van der Waals surface area contributed by atoms with Gasteiger partial charge in [0.05, 0.1) is 16.6 Å². The van der Waals surface area contributed by atoms with Crippen molar-refractivity contribution < 1.29 is 22.8 Å². The molecular weight excluding hydrogens is 328 g/mol. The second kappa shape index (κ2) is 5.49. The van der Waals surface area contributed by atoms with Gasteiger partial charge in [0.15, 0.2) is 5.76 Å². The van der Waals surface area contributed by atoms with Gasteiger partial charge in [0, 0.05) is 18.0 Å². The van der Waals surface area contributed by atoms with Gasteiger partial charge < -0.3 is 9.63 Å². The molecule has 1 atom stereocenters. The molecule has 0 radical (unpaired) electrons. The summed E-state index contributed by atoms with van der Waals surface area (Å²) in [6.07, 6.45) is 1.38. The van der Waals surface area contributed by atoms with Crippen molar-refractivity contribution in [2.75, 3.05) is 6.54 Å². The van der Waals surface area contributed by atoms with Crippen LogP contribution in [0.15, 0.2) is 26.9 Å². The minimum Gasteiger partial charge on any atom is -0.477 e. The van der Waals surface area contributed by atoms with Crippen molar-refractivity contribution in [3.05, 3.63) is 33.8 Å². The lowest BCUT2D eigenvalue weighted by Crippen LogP contribution is -2.30. The van der Waals surface area contributed by atoms with Gasteiger partial charge in [-0.25, -0.2) is 13.2 Å². The van der Waals surface area contributed by atoms with Crippen molar-refractivity contribution in [3.8, 4) is 0 Å². The lowest BCUT2D eigenvalue weighted by molar-refractivity contribution is 0.0702. The third kappa shape index (κ3) is 2.55. The van der Waals surface area contributed by atoms with Gasteiger partial charge in [0.1, 0.15) is 4.88 Å². The molecule has 3 heterocycles. The lowest BCUT2D eigenvalue weighted by atomic mass is 10.2. The second-order valence-electron chi connectivity index (χ2n) is 5.10. The molecule has 1 aliphatic heterocycles. The molecule has 2 aromatic heterocycles. The lowest BCUT2D eigenvalue weighted by Gasteiger charge is -2.21. The van der Waals surface area contributed by atoms with Crippen molar-refractivity contribution >= 4 is 27.3 Å². The van der Waals surface area contributed by atoms with Gasteiger partial charge in [0.2, 0.25) is 10.0 Å².